The average molecular weight is 1190 g/mol. The molecule has 6 aromatic rings. The van der Waals surface area contributed by atoms with Crippen LogP contribution in [-0.4, -0.2) is 113 Å². The molecule has 0 saturated heterocycles. The van der Waals surface area contributed by atoms with Gasteiger partial charge in [-0.3, -0.25) is 14.1 Å². The topological polar surface area (TPSA) is 470 Å². The van der Waals surface area contributed by atoms with Crippen molar-refractivity contribution < 1.29 is 235 Å². The van der Waals surface area contributed by atoms with Gasteiger partial charge in [-0.2, -0.15) is 31.8 Å². The average Bonchev–Trinajstić information content (AvgIpc) is 3.19. The molecule has 4 N–H and O–H groups in total. The number of rotatable bonds is 17. The van der Waals surface area contributed by atoms with Crippen LogP contribution in [0.3, 0.4) is 0 Å². The minimum absolute atomic E-state index is 0. The third-order valence-electron chi connectivity index (χ3n) is 8.67. The van der Waals surface area contributed by atoms with Crippen molar-refractivity contribution in [2.75, 3.05) is 29.5 Å². The molecular formula is C33H22ClN8Na5O20S6. The van der Waals surface area contributed by atoms with Crippen molar-refractivity contribution in [1.29, 1.82) is 0 Å². The number of sulfone groups is 1. The van der Waals surface area contributed by atoms with Crippen LogP contribution in [0.2, 0.25) is 5.28 Å². The molecule has 0 aliphatic heterocycles. The molecule has 0 aliphatic carbocycles. The van der Waals surface area contributed by atoms with Gasteiger partial charge in [0.25, 0.3) is 10.1 Å². The van der Waals surface area contributed by atoms with E-state index in [4.69, 9.17) is 16.2 Å². The molecule has 5 aromatic carbocycles. The zero-order chi connectivity index (χ0) is 50.4. The van der Waals surface area contributed by atoms with E-state index in [1.54, 1.807) is 0 Å². The van der Waals surface area contributed by atoms with Crippen LogP contribution in [0, 0.1) is 0 Å². The minimum Gasteiger partial charge on any atom is -0.870 e. The number of hydrogen-bond acceptors (Lipinski definition) is 26. The van der Waals surface area contributed by atoms with Gasteiger partial charge in [-0.05, 0) is 76.8 Å². The fourth-order valence-corrected chi connectivity index (χ4v) is 10.4. The van der Waals surface area contributed by atoms with E-state index in [0.717, 1.165) is 36.4 Å². The predicted octanol–water partition coefficient (Wildman–Crippen LogP) is -13.9. The molecular weight excluding hydrogens is 1170 g/mol. The Morgan fingerprint density at radius 1 is 0.685 bits per heavy atom. The summed E-state index contributed by atoms with van der Waals surface area (Å²) in [4.78, 5) is 10.0. The van der Waals surface area contributed by atoms with Crippen LogP contribution in [-0.2, 0) is 64.9 Å². The Hall–Kier alpha value is -1.15. The fourth-order valence-electron chi connectivity index (χ4n) is 5.99. The summed E-state index contributed by atoms with van der Waals surface area (Å²) in [6.07, 6.45) is 0. The van der Waals surface area contributed by atoms with E-state index < -0.39 is 172 Å². The van der Waals surface area contributed by atoms with Gasteiger partial charge in [-0.25, -0.2) is 37.9 Å². The van der Waals surface area contributed by atoms with Crippen LogP contribution in [0.1, 0.15) is 0 Å². The zero-order valence-electron chi connectivity index (χ0n) is 37.8. The van der Waals surface area contributed by atoms with Crippen molar-refractivity contribution in [3.63, 3.8) is 0 Å². The quantitative estimate of drug-likeness (QED) is 0.0217. The summed E-state index contributed by atoms with van der Waals surface area (Å²) < 4.78 is 204. The third kappa shape index (κ3) is 18.2. The van der Waals surface area contributed by atoms with E-state index in [1.807, 2.05) is 0 Å². The number of fused-ring (bicyclic) bond motifs is 2. The van der Waals surface area contributed by atoms with Crippen molar-refractivity contribution in [1.82, 2.24) is 15.0 Å². The summed E-state index contributed by atoms with van der Waals surface area (Å²) in [7, 11) is -31.1. The Labute approximate surface area is 530 Å². The van der Waals surface area contributed by atoms with E-state index >= 15 is 0 Å². The first-order valence-electron chi connectivity index (χ1n) is 17.6. The van der Waals surface area contributed by atoms with Crippen LogP contribution in [0.4, 0.5) is 34.6 Å². The summed E-state index contributed by atoms with van der Waals surface area (Å²) in [6.45, 7) is -1.68. The second-order valence-electron chi connectivity index (χ2n) is 13.2. The first-order chi connectivity index (χ1) is 31.3. The van der Waals surface area contributed by atoms with Crippen LogP contribution < -0.4 is 169 Å². The monoisotopic (exact) mass is 1190 g/mol. The van der Waals surface area contributed by atoms with Crippen molar-refractivity contribution in [3.05, 3.63) is 78.1 Å². The van der Waals surface area contributed by atoms with Gasteiger partial charge >= 0.3 is 158 Å². The molecule has 6 rings (SSSR count). The molecule has 0 bridgehead atoms. The largest absolute Gasteiger partial charge is 1.00 e. The second-order valence-corrected chi connectivity index (χ2v) is 22.2. The number of halogens is 1. The maximum atomic E-state index is 14.2. The Kier molecular flexibility index (Phi) is 26.0. The molecule has 0 saturated carbocycles. The van der Waals surface area contributed by atoms with Crippen LogP contribution in [0.15, 0.2) is 112 Å². The SMILES string of the molecule is O=S(=O)(O)OCCS(=O)(=O)c1cccc(N=C([O-])CNc2nc(Cl)nc(Nc3cc(S(=O)(=O)[O-])cc4cc(S(=O)(=O)[O-])c(N=Nc5ccc6c(S(=O)(=O)[O-])cccc6c5S(=O)(=O)O)c([O-])c34)n2)c1.[Na+].[Na+].[Na+].[Na+].[Na+]. The molecule has 28 nitrogen and oxygen atoms in total. The number of hydrogen-bond donors (Lipinski definition) is 4. The third-order valence-corrected chi connectivity index (χ3v) is 14.5. The minimum atomic E-state index is -5.80. The Morgan fingerprint density at radius 2 is 1.30 bits per heavy atom. The van der Waals surface area contributed by atoms with Gasteiger partial charge < -0.3 is 34.5 Å². The molecule has 0 aliphatic rings. The van der Waals surface area contributed by atoms with E-state index in [9.17, 15) is 78.9 Å². The molecule has 0 spiro atoms. The molecule has 1 aromatic heterocycles. The maximum absolute atomic E-state index is 14.2. The van der Waals surface area contributed by atoms with Crippen LogP contribution >= 0.6 is 11.6 Å². The van der Waals surface area contributed by atoms with Gasteiger partial charge in [-0.1, -0.05) is 30.0 Å². The van der Waals surface area contributed by atoms with E-state index in [-0.39, 0.29) is 153 Å². The number of azo groups is 1. The molecule has 0 radical (unpaired) electrons. The zero-order valence-corrected chi connectivity index (χ0v) is 53.5. The summed E-state index contributed by atoms with van der Waals surface area (Å²) >= 11 is 6.04. The Balaban J connectivity index is 0.00000533. The number of aliphatic imine (C=N–C) groups is 1. The summed E-state index contributed by atoms with van der Waals surface area (Å²) in [5, 5.41) is 35.5. The molecule has 0 amide bonds. The molecule has 362 valence electrons. The smallest absolute Gasteiger partial charge is 0.870 e. The Morgan fingerprint density at radius 3 is 1.89 bits per heavy atom. The summed E-state index contributed by atoms with van der Waals surface area (Å²) in [5.41, 5.74) is -3.18. The molecule has 40 heteroatoms. The van der Waals surface area contributed by atoms with Gasteiger partial charge in [0, 0.05) is 23.0 Å². The number of benzene rings is 5. The van der Waals surface area contributed by atoms with Crippen LogP contribution in [0.5, 0.6) is 5.75 Å². The number of nitrogens with zero attached hydrogens (tertiary/aromatic N) is 6. The van der Waals surface area contributed by atoms with Gasteiger partial charge in [0.1, 0.15) is 40.9 Å². The van der Waals surface area contributed by atoms with E-state index in [0.29, 0.717) is 24.3 Å². The van der Waals surface area contributed by atoms with Gasteiger partial charge in [0.05, 0.1) is 43.3 Å². The maximum Gasteiger partial charge on any atom is 1.00 e. The summed E-state index contributed by atoms with van der Waals surface area (Å²) in [6, 6.07) is 10.2. The van der Waals surface area contributed by atoms with Crippen molar-refractivity contribution in [2.45, 2.75) is 24.5 Å². The van der Waals surface area contributed by atoms with Crippen LogP contribution in [0.25, 0.3) is 21.5 Å². The van der Waals surface area contributed by atoms with E-state index in [2.05, 4.69) is 45.0 Å². The molecule has 0 unspecified atom stereocenters. The number of aromatic nitrogens is 3. The standard InChI is InChI=1S/C33H27ClN8O20S6.5Na/c34-31-38-32(35-15-26(43)36-17-3-1-4-18(13-17)63(45,46)10-9-62-68(59,60)61)40-33(39-31)37-23-14-19(64(47,48)49)11-16-12-25(66(53,54)55)28(29(44)27(16)23)42-41-22-8-7-20-21(30(22)67(56,57)58)5-2-6-24(20)65(50,51)52;;;;;/h1-8,11-14,44H,9-10,15H2,(H,36,43)(H,47,48,49)(H,50,51,52)(H,53,54,55)(H,56,57,58)(H,59,60,61)(H2,35,37,38,39,40);;;;;/q;5*+1/p-5. The molecule has 1 heterocycles. The molecule has 73 heavy (non-hydrogen) atoms. The first-order valence-corrected chi connectivity index (χ1v) is 26.6. The first kappa shape index (κ1) is 69.9. The second kappa shape index (κ2) is 27.1. The Bertz CT molecular complexity index is 3870. The van der Waals surface area contributed by atoms with Crippen molar-refractivity contribution in [3.8, 4) is 5.75 Å². The normalized spacial score (nSPS) is 12.4. The number of nitrogens with one attached hydrogen (secondary N) is 2. The predicted molar refractivity (Wildman–Crippen MR) is 225 cm³/mol. The molecule has 0 atom stereocenters. The summed E-state index contributed by atoms with van der Waals surface area (Å²) in [5.74, 6) is -4.65. The van der Waals surface area contributed by atoms with Crippen molar-refractivity contribution >= 4 is 134 Å². The van der Waals surface area contributed by atoms with Gasteiger partial charge in [0.2, 0.25) is 17.2 Å². The van der Waals surface area contributed by atoms with Crippen molar-refractivity contribution in [2.24, 2.45) is 15.2 Å². The molecule has 0 fully saturated rings. The van der Waals surface area contributed by atoms with Gasteiger partial charge in [-0.15, -0.1) is 10.2 Å². The van der Waals surface area contributed by atoms with Gasteiger partial charge in [0.15, 0.2) is 9.84 Å². The van der Waals surface area contributed by atoms with E-state index in [1.165, 1.54) is 12.1 Å². The fraction of sp³-hybridized carbons (Fsp3) is 0.0909. The number of anilines is 3.